The number of thioether (sulfide) groups is 1. The van der Waals surface area contributed by atoms with Crippen molar-refractivity contribution in [1.82, 2.24) is 9.80 Å². The molecule has 6 rings (SSSR count). The van der Waals surface area contributed by atoms with E-state index in [2.05, 4.69) is 35.5 Å². The monoisotopic (exact) mass is 374 g/mol. The van der Waals surface area contributed by atoms with Crippen LogP contribution in [0.1, 0.15) is 71.1 Å². The zero-order valence-electron chi connectivity index (χ0n) is 16.9. The van der Waals surface area contributed by atoms with Crippen LogP contribution in [0.3, 0.4) is 0 Å². The Kier molecular flexibility index (Phi) is 4.22. The molecule has 0 radical (unpaired) electrons. The Balaban J connectivity index is 1.46. The fourth-order valence-corrected chi connectivity index (χ4v) is 10.8. The molecule has 0 spiro atoms. The number of hydrogen-bond acceptors (Lipinski definition) is 3. The van der Waals surface area contributed by atoms with Crippen molar-refractivity contribution in [3.63, 3.8) is 0 Å². The summed E-state index contributed by atoms with van der Waals surface area (Å²) < 4.78 is 0. The normalized spacial score (nSPS) is 57.0. The van der Waals surface area contributed by atoms with Crippen molar-refractivity contribution in [1.29, 1.82) is 0 Å². The molecular weight excluding hydrogens is 336 g/mol. The SMILES string of the molecule is CC1CCCC2C1C1C3C(CCC4SC5CCCCC5N2C43)CCN1C. The molecule has 3 aliphatic carbocycles. The Hall–Kier alpha value is 0.270. The van der Waals surface area contributed by atoms with Gasteiger partial charge in [-0.15, -0.1) is 0 Å². The van der Waals surface area contributed by atoms with Gasteiger partial charge in [0, 0.05) is 34.7 Å². The highest BCUT2D eigenvalue weighted by Gasteiger charge is 2.62. The molecule has 3 saturated carbocycles. The van der Waals surface area contributed by atoms with E-state index < -0.39 is 0 Å². The summed E-state index contributed by atoms with van der Waals surface area (Å²) in [5, 5.41) is 1.93. The summed E-state index contributed by atoms with van der Waals surface area (Å²) in [4.78, 5) is 6.11. The van der Waals surface area contributed by atoms with Crippen molar-refractivity contribution in [2.75, 3.05) is 13.6 Å². The molecule has 0 N–H and O–H groups in total. The van der Waals surface area contributed by atoms with Gasteiger partial charge >= 0.3 is 0 Å². The van der Waals surface area contributed by atoms with E-state index in [1.165, 1.54) is 64.3 Å². The summed E-state index contributed by atoms with van der Waals surface area (Å²) in [5.74, 6) is 3.93. The topological polar surface area (TPSA) is 6.48 Å². The van der Waals surface area contributed by atoms with Crippen LogP contribution in [0.5, 0.6) is 0 Å². The quantitative estimate of drug-likeness (QED) is 0.610. The standard InChI is InChI=1S/C23H38N2S/c1-14-6-5-8-17-20(14)23-21-15(12-13-24(23)2)10-11-19-22(21)25(17)16-7-3-4-9-18(16)26-19/h14-23H,3-13H2,1-2H3. The molecule has 3 saturated heterocycles. The highest BCUT2D eigenvalue weighted by atomic mass is 32.2. The molecule has 0 amide bonds. The molecule has 26 heavy (non-hydrogen) atoms. The third-order valence-electron chi connectivity index (χ3n) is 9.68. The first-order chi connectivity index (χ1) is 12.7. The maximum atomic E-state index is 3.26. The number of piperidine rings is 2. The maximum Gasteiger partial charge on any atom is 0.0267 e. The van der Waals surface area contributed by atoms with Crippen LogP contribution in [-0.2, 0) is 0 Å². The molecule has 3 heterocycles. The van der Waals surface area contributed by atoms with Crippen LogP contribution in [0, 0.1) is 23.7 Å². The number of nitrogens with zero attached hydrogens (tertiary/aromatic N) is 2. The lowest BCUT2D eigenvalue weighted by Crippen LogP contribution is -2.76. The fourth-order valence-electron chi connectivity index (χ4n) is 8.80. The third kappa shape index (κ3) is 2.32. The Morgan fingerprint density at radius 2 is 1.58 bits per heavy atom. The van der Waals surface area contributed by atoms with Crippen molar-refractivity contribution in [2.45, 2.75) is 106 Å². The van der Waals surface area contributed by atoms with Gasteiger partial charge in [-0.25, -0.2) is 0 Å². The summed E-state index contributed by atoms with van der Waals surface area (Å²) in [6.45, 7) is 3.99. The minimum absolute atomic E-state index is 0.902. The maximum absolute atomic E-state index is 3.26. The van der Waals surface area contributed by atoms with Crippen LogP contribution in [0.4, 0.5) is 0 Å². The molecule has 10 unspecified atom stereocenters. The van der Waals surface area contributed by atoms with E-state index in [0.717, 1.165) is 58.3 Å². The lowest BCUT2D eigenvalue weighted by atomic mass is 9.56. The van der Waals surface area contributed by atoms with Gasteiger partial charge in [0.25, 0.3) is 0 Å². The summed E-state index contributed by atoms with van der Waals surface area (Å²) >= 11 is 2.48. The van der Waals surface area contributed by atoms with Crippen LogP contribution in [0.15, 0.2) is 0 Å². The summed E-state index contributed by atoms with van der Waals surface area (Å²) in [6.07, 6.45) is 15.1. The largest absolute Gasteiger partial charge is 0.303 e. The van der Waals surface area contributed by atoms with Crippen LogP contribution >= 0.6 is 11.8 Å². The van der Waals surface area contributed by atoms with Crippen molar-refractivity contribution in [3.8, 4) is 0 Å². The summed E-state index contributed by atoms with van der Waals surface area (Å²) in [5.41, 5.74) is 0. The van der Waals surface area contributed by atoms with Gasteiger partial charge in [0.05, 0.1) is 0 Å². The van der Waals surface area contributed by atoms with Gasteiger partial charge in [-0.3, -0.25) is 4.90 Å². The number of likely N-dealkylation sites (tertiary alicyclic amines) is 1. The molecule has 0 aromatic rings. The van der Waals surface area contributed by atoms with Crippen molar-refractivity contribution in [2.24, 2.45) is 23.7 Å². The van der Waals surface area contributed by atoms with E-state index in [4.69, 9.17) is 0 Å². The lowest BCUT2D eigenvalue weighted by molar-refractivity contribution is -0.161. The Morgan fingerprint density at radius 1 is 0.731 bits per heavy atom. The minimum atomic E-state index is 0.902. The van der Waals surface area contributed by atoms with E-state index in [-0.39, 0.29) is 0 Å². The van der Waals surface area contributed by atoms with Gasteiger partial charge in [-0.1, -0.05) is 32.6 Å². The predicted octanol–water partition coefficient (Wildman–Crippen LogP) is 4.63. The van der Waals surface area contributed by atoms with Crippen molar-refractivity contribution >= 4 is 11.8 Å². The van der Waals surface area contributed by atoms with Gasteiger partial charge in [0.15, 0.2) is 0 Å². The van der Waals surface area contributed by atoms with Gasteiger partial charge < -0.3 is 4.90 Å². The Bertz CT molecular complexity index is 552. The van der Waals surface area contributed by atoms with Crippen molar-refractivity contribution in [3.05, 3.63) is 0 Å². The molecule has 146 valence electrons. The van der Waals surface area contributed by atoms with E-state index in [9.17, 15) is 0 Å². The number of hydrogen-bond donors (Lipinski definition) is 0. The number of fused-ring (bicyclic) bond motifs is 5. The first-order valence-corrected chi connectivity index (χ1v) is 12.8. The molecule has 0 aromatic carbocycles. The van der Waals surface area contributed by atoms with E-state index in [0.29, 0.717) is 0 Å². The van der Waals surface area contributed by atoms with E-state index in [1.807, 2.05) is 0 Å². The first-order valence-electron chi connectivity index (χ1n) is 11.9. The molecule has 0 bridgehead atoms. The third-order valence-corrected chi connectivity index (χ3v) is 11.4. The summed E-state index contributed by atoms with van der Waals surface area (Å²) in [7, 11) is 2.48. The molecule has 10 atom stereocenters. The van der Waals surface area contributed by atoms with E-state index in [1.54, 1.807) is 6.42 Å². The molecule has 2 nitrogen and oxygen atoms in total. The lowest BCUT2D eigenvalue weighted by Gasteiger charge is -2.69. The molecule has 6 aliphatic rings. The Morgan fingerprint density at radius 3 is 2.50 bits per heavy atom. The summed E-state index contributed by atoms with van der Waals surface area (Å²) in [6, 6.07) is 3.68. The zero-order valence-corrected chi connectivity index (χ0v) is 17.7. The van der Waals surface area contributed by atoms with Crippen LogP contribution in [0.2, 0.25) is 0 Å². The van der Waals surface area contributed by atoms with Crippen molar-refractivity contribution < 1.29 is 0 Å². The highest BCUT2D eigenvalue weighted by molar-refractivity contribution is 8.00. The van der Waals surface area contributed by atoms with Gasteiger partial charge in [-0.05, 0) is 75.8 Å². The number of rotatable bonds is 0. The van der Waals surface area contributed by atoms with Crippen LogP contribution in [0.25, 0.3) is 0 Å². The smallest absolute Gasteiger partial charge is 0.0267 e. The highest BCUT2D eigenvalue weighted by Crippen LogP contribution is 2.59. The minimum Gasteiger partial charge on any atom is -0.303 e. The second-order valence-corrected chi connectivity index (χ2v) is 12.2. The average Bonchev–Trinajstić information content (AvgIpc) is 2.67. The van der Waals surface area contributed by atoms with Gasteiger partial charge in [0.1, 0.15) is 0 Å². The van der Waals surface area contributed by atoms with E-state index >= 15 is 0 Å². The molecule has 3 heteroatoms. The molecule has 6 fully saturated rings. The van der Waals surface area contributed by atoms with Gasteiger partial charge in [0.2, 0.25) is 0 Å². The second-order valence-electron chi connectivity index (χ2n) is 10.7. The van der Waals surface area contributed by atoms with Crippen LogP contribution < -0.4 is 0 Å². The van der Waals surface area contributed by atoms with Gasteiger partial charge in [-0.2, -0.15) is 11.8 Å². The second kappa shape index (κ2) is 6.39. The first kappa shape index (κ1) is 17.2. The molecular formula is C23H38N2S. The predicted molar refractivity (Wildman–Crippen MR) is 111 cm³/mol. The molecule has 0 aromatic heterocycles. The zero-order chi connectivity index (χ0) is 17.4. The van der Waals surface area contributed by atoms with Crippen LogP contribution in [-0.4, -0.2) is 58.1 Å². The Labute approximate surface area is 164 Å². The fraction of sp³-hybridized carbons (Fsp3) is 1.00. The molecule has 3 aliphatic heterocycles. The average molecular weight is 375 g/mol.